The molecule has 0 radical (unpaired) electrons. The van der Waals surface area contributed by atoms with Crippen LogP contribution in [-0.2, 0) is 4.79 Å². The first kappa shape index (κ1) is 10.2. The first-order chi connectivity index (χ1) is 6.69. The number of carbonyl (C=O) groups is 2. The maximum atomic E-state index is 11.0. The first-order valence-electron chi connectivity index (χ1n) is 4.12. The average Bonchev–Trinajstić information content (AvgIpc) is 2.18. The van der Waals surface area contributed by atoms with Crippen LogP contribution in [0.2, 0.25) is 0 Å². The summed E-state index contributed by atoms with van der Waals surface area (Å²) < 4.78 is 4.71. The number of nitrogens with one attached hydrogen (secondary N) is 1. The number of ether oxygens (including phenoxy) is 1. The Morgan fingerprint density at radius 3 is 2.71 bits per heavy atom. The Bertz CT molecular complexity index is 360. The van der Waals surface area contributed by atoms with Crippen molar-refractivity contribution < 1.29 is 14.3 Å². The van der Waals surface area contributed by atoms with Crippen LogP contribution in [0.5, 0.6) is 5.75 Å². The van der Waals surface area contributed by atoms with Gasteiger partial charge in [-0.15, -0.1) is 0 Å². The van der Waals surface area contributed by atoms with E-state index in [1.807, 2.05) is 0 Å². The molecule has 1 aromatic rings. The number of carbonyl (C=O) groups excluding carboxylic acids is 2. The van der Waals surface area contributed by atoms with E-state index in [2.05, 4.69) is 5.32 Å². The van der Waals surface area contributed by atoms with E-state index < -0.39 is 0 Å². The summed E-state index contributed by atoms with van der Waals surface area (Å²) >= 11 is 0. The van der Waals surface area contributed by atoms with E-state index >= 15 is 0 Å². The SMILES string of the molecule is CNc1cc(C(C)=O)ccc1OC=O. The topological polar surface area (TPSA) is 55.4 Å². The van der Waals surface area contributed by atoms with Crippen LogP contribution in [-0.4, -0.2) is 19.3 Å². The fourth-order valence-electron chi connectivity index (χ4n) is 1.10. The number of hydrogen-bond acceptors (Lipinski definition) is 4. The van der Waals surface area contributed by atoms with Gasteiger partial charge in [0.25, 0.3) is 6.47 Å². The molecule has 4 nitrogen and oxygen atoms in total. The predicted molar refractivity (Wildman–Crippen MR) is 52.7 cm³/mol. The van der Waals surface area contributed by atoms with Gasteiger partial charge < -0.3 is 10.1 Å². The molecule has 1 N–H and O–H groups in total. The summed E-state index contributed by atoms with van der Waals surface area (Å²) in [4.78, 5) is 21.2. The van der Waals surface area contributed by atoms with Crippen molar-refractivity contribution in [2.75, 3.05) is 12.4 Å². The van der Waals surface area contributed by atoms with E-state index in [4.69, 9.17) is 4.74 Å². The summed E-state index contributed by atoms with van der Waals surface area (Å²) in [5.74, 6) is 0.381. The monoisotopic (exact) mass is 193 g/mol. The first-order valence-corrected chi connectivity index (χ1v) is 4.12. The molecule has 1 rings (SSSR count). The molecule has 0 bridgehead atoms. The van der Waals surface area contributed by atoms with Gasteiger partial charge in [0.2, 0.25) is 0 Å². The minimum atomic E-state index is -0.0286. The number of benzene rings is 1. The zero-order chi connectivity index (χ0) is 10.6. The van der Waals surface area contributed by atoms with E-state index in [1.165, 1.54) is 6.92 Å². The maximum absolute atomic E-state index is 11.0. The van der Waals surface area contributed by atoms with E-state index in [0.717, 1.165) is 0 Å². The Kier molecular flexibility index (Phi) is 3.23. The molecular formula is C10H11NO3. The minimum Gasteiger partial charge on any atom is -0.427 e. The van der Waals surface area contributed by atoms with Gasteiger partial charge in [-0.2, -0.15) is 0 Å². The summed E-state index contributed by atoms with van der Waals surface area (Å²) in [5.41, 5.74) is 1.19. The summed E-state index contributed by atoms with van der Waals surface area (Å²) in [5, 5.41) is 2.84. The highest BCUT2D eigenvalue weighted by molar-refractivity contribution is 5.95. The van der Waals surface area contributed by atoms with Crippen molar-refractivity contribution in [3.05, 3.63) is 23.8 Å². The van der Waals surface area contributed by atoms with Gasteiger partial charge in [0.05, 0.1) is 5.69 Å². The number of rotatable bonds is 4. The number of hydrogen-bond donors (Lipinski definition) is 1. The lowest BCUT2D eigenvalue weighted by molar-refractivity contribution is -0.120. The molecule has 0 unspecified atom stereocenters. The fraction of sp³-hybridized carbons (Fsp3) is 0.200. The van der Waals surface area contributed by atoms with Crippen molar-refractivity contribution in [2.45, 2.75) is 6.92 Å². The third-order valence-electron chi connectivity index (χ3n) is 1.83. The van der Waals surface area contributed by atoms with Crippen LogP contribution in [0.15, 0.2) is 18.2 Å². The third-order valence-corrected chi connectivity index (χ3v) is 1.83. The van der Waals surface area contributed by atoms with E-state index in [-0.39, 0.29) is 5.78 Å². The Balaban J connectivity index is 3.10. The fourth-order valence-corrected chi connectivity index (χ4v) is 1.10. The van der Waals surface area contributed by atoms with Crippen LogP contribution in [0, 0.1) is 0 Å². The third kappa shape index (κ3) is 2.10. The van der Waals surface area contributed by atoms with Crippen LogP contribution in [0.4, 0.5) is 5.69 Å². The van der Waals surface area contributed by atoms with Crippen LogP contribution >= 0.6 is 0 Å². The molecule has 0 fully saturated rings. The molecule has 0 heterocycles. The molecule has 0 saturated heterocycles. The van der Waals surface area contributed by atoms with Gasteiger partial charge in [0.1, 0.15) is 0 Å². The summed E-state index contributed by atoms with van der Waals surface area (Å²) in [6.45, 7) is 1.83. The molecule has 0 amide bonds. The normalized spacial score (nSPS) is 9.29. The van der Waals surface area contributed by atoms with E-state index in [0.29, 0.717) is 23.5 Å². The summed E-state index contributed by atoms with van der Waals surface area (Å²) in [7, 11) is 1.69. The van der Waals surface area contributed by atoms with Gasteiger partial charge in [0, 0.05) is 12.6 Å². The molecule has 0 aliphatic rings. The molecule has 0 saturated carbocycles. The molecule has 14 heavy (non-hydrogen) atoms. The van der Waals surface area contributed by atoms with Crippen LogP contribution < -0.4 is 10.1 Å². The molecular weight excluding hydrogens is 182 g/mol. The zero-order valence-corrected chi connectivity index (χ0v) is 8.03. The maximum Gasteiger partial charge on any atom is 0.298 e. The number of ketones is 1. The van der Waals surface area contributed by atoms with Gasteiger partial charge in [-0.05, 0) is 25.1 Å². The van der Waals surface area contributed by atoms with Gasteiger partial charge in [0.15, 0.2) is 11.5 Å². The van der Waals surface area contributed by atoms with Crippen molar-refractivity contribution in [3.8, 4) is 5.75 Å². The predicted octanol–water partition coefficient (Wildman–Crippen LogP) is 1.47. The lowest BCUT2D eigenvalue weighted by Gasteiger charge is -2.07. The molecule has 74 valence electrons. The number of anilines is 1. The van der Waals surface area contributed by atoms with E-state index in [1.54, 1.807) is 25.2 Å². The minimum absolute atomic E-state index is 0.0286. The van der Waals surface area contributed by atoms with Crippen LogP contribution in [0.25, 0.3) is 0 Å². The molecule has 0 atom stereocenters. The Hall–Kier alpha value is -1.84. The molecule has 0 aliphatic carbocycles. The average molecular weight is 193 g/mol. The van der Waals surface area contributed by atoms with Gasteiger partial charge in [-0.25, -0.2) is 0 Å². The van der Waals surface area contributed by atoms with Gasteiger partial charge in [-0.1, -0.05) is 0 Å². The molecule has 4 heteroatoms. The zero-order valence-electron chi connectivity index (χ0n) is 8.03. The van der Waals surface area contributed by atoms with Crippen LogP contribution in [0.1, 0.15) is 17.3 Å². The van der Waals surface area contributed by atoms with Crippen molar-refractivity contribution in [2.24, 2.45) is 0 Å². The lowest BCUT2D eigenvalue weighted by atomic mass is 10.1. The van der Waals surface area contributed by atoms with Crippen LogP contribution in [0.3, 0.4) is 0 Å². The second-order valence-corrected chi connectivity index (χ2v) is 2.73. The van der Waals surface area contributed by atoms with Crippen molar-refractivity contribution >= 4 is 17.9 Å². The molecule has 0 aliphatic heterocycles. The lowest BCUT2D eigenvalue weighted by Crippen LogP contribution is -1.99. The quantitative estimate of drug-likeness (QED) is 0.581. The van der Waals surface area contributed by atoms with Crippen molar-refractivity contribution in [1.29, 1.82) is 0 Å². The standard InChI is InChI=1S/C10H11NO3/c1-7(13)8-3-4-10(14-6-12)9(5-8)11-2/h3-6,11H,1-2H3. The highest BCUT2D eigenvalue weighted by Gasteiger charge is 2.05. The summed E-state index contributed by atoms with van der Waals surface area (Å²) in [6.07, 6.45) is 0. The Labute approximate surface area is 81.9 Å². The van der Waals surface area contributed by atoms with Gasteiger partial charge in [-0.3, -0.25) is 9.59 Å². The van der Waals surface area contributed by atoms with Crippen molar-refractivity contribution in [1.82, 2.24) is 0 Å². The van der Waals surface area contributed by atoms with Gasteiger partial charge >= 0.3 is 0 Å². The summed E-state index contributed by atoms with van der Waals surface area (Å²) in [6, 6.07) is 4.83. The number of Topliss-reactive ketones (excluding diaryl/α,β-unsaturated/α-hetero) is 1. The largest absolute Gasteiger partial charge is 0.427 e. The molecule has 1 aromatic carbocycles. The Morgan fingerprint density at radius 2 is 2.21 bits per heavy atom. The second kappa shape index (κ2) is 4.41. The molecule has 0 spiro atoms. The molecule has 0 aromatic heterocycles. The highest BCUT2D eigenvalue weighted by Crippen LogP contribution is 2.24. The van der Waals surface area contributed by atoms with E-state index in [9.17, 15) is 9.59 Å². The highest BCUT2D eigenvalue weighted by atomic mass is 16.5. The second-order valence-electron chi connectivity index (χ2n) is 2.73. The van der Waals surface area contributed by atoms with Crippen molar-refractivity contribution in [3.63, 3.8) is 0 Å². The smallest absolute Gasteiger partial charge is 0.298 e. The Morgan fingerprint density at radius 1 is 1.50 bits per heavy atom.